The highest BCUT2D eigenvalue weighted by atomic mass is 79.9. The molecule has 0 radical (unpaired) electrons. The van der Waals surface area contributed by atoms with Gasteiger partial charge in [0, 0.05) is 6.54 Å². The topological polar surface area (TPSA) is 56.8 Å². The van der Waals surface area contributed by atoms with E-state index >= 15 is 0 Å². The van der Waals surface area contributed by atoms with E-state index in [1.165, 1.54) is 0 Å². The van der Waals surface area contributed by atoms with E-state index in [2.05, 4.69) is 28.2 Å². The standard InChI is InChI=1S/C17H26BrNO4/c1-6-9-22-15-10-12(14(21-5)11-13(15)18)7-8-19-16(20)23-17(2,3)4/h10-11H,6-9H2,1-5H3,(H,19,20). The molecule has 1 amide bonds. The van der Waals surface area contributed by atoms with Crippen LogP contribution in [-0.2, 0) is 11.2 Å². The van der Waals surface area contributed by atoms with Gasteiger partial charge in [-0.1, -0.05) is 6.92 Å². The summed E-state index contributed by atoms with van der Waals surface area (Å²) in [6.45, 7) is 8.68. The van der Waals surface area contributed by atoms with Crippen LogP contribution < -0.4 is 14.8 Å². The molecule has 1 N–H and O–H groups in total. The molecule has 0 aliphatic rings. The molecule has 23 heavy (non-hydrogen) atoms. The number of halogens is 1. The first-order chi connectivity index (χ1) is 10.8. The van der Waals surface area contributed by atoms with Gasteiger partial charge in [-0.3, -0.25) is 0 Å². The third kappa shape index (κ3) is 7.12. The van der Waals surface area contributed by atoms with Crippen LogP contribution in [0.15, 0.2) is 16.6 Å². The lowest BCUT2D eigenvalue weighted by Gasteiger charge is -2.20. The van der Waals surface area contributed by atoms with Gasteiger partial charge in [0.2, 0.25) is 0 Å². The van der Waals surface area contributed by atoms with Crippen molar-refractivity contribution in [3.8, 4) is 11.5 Å². The minimum absolute atomic E-state index is 0.420. The van der Waals surface area contributed by atoms with Gasteiger partial charge in [-0.25, -0.2) is 4.79 Å². The Bertz CT molecular complexity index is 526. The van der Waals surface area contributed by atoms with Crippen molar-refractivity contribution in [3.63, 3.8) is 0 Å². The molecule has 0 spiro atoms. The van der Waals surface area contributed by atoms with Gasteiger partial charge >= 0.3 is 6.09 Å². The van der Waals surface area contributed by atoms with Crippen LogP contribution in [0.3, 0.4) is 0 Å². The van der Waals surface area contributed by atoms with E-state index < -0.39 is 11.7 Å². The summed E-state index contributed by atoms with van der Waals surface area (Å²) in [6.07, 6.45) is 1.14. The van der Waals surface area contributed by atoms with Gasteiger partial charge in [0.15, 0.2) is 0 Å². The molecule has 0 saturated carbocycles. The van der Waals surface area contributed by atoms with Crippen LogP contribution in [0.5, 0.6) is 11.5 Å². The Morgan fingerprint density at radius 2 is 1.96 bits per heavy atom. The van der Waals surface area contributed by atoms with Gasteiger partial charge in [-0.2, -0.15) is 0 Å². The minimum Gasteiger partial charge on any atom is -0.496 e. The number of ether oxygens (including phenoxy) is 3. The molecule has 1 rings (SSSR count). The fraction of sp³-hybridized carbons (Fsp3) is 0.588. The summed E-state index contributed by atoms with van der Waals surface area (Å²) >= 11 is 3.48. The summed E-state index contributed by atoms with van der Waals surface area (Å²) in [5.74, 6) is 1.53. The molecule has 0 saturated heterocycles. The Hall–Kier alpha value is -1.43. The maximum atomic E-state index is 11.7. The Balaban J connectivity index is 2.69. The number of alkyl carbamates (subject to hydrolysis) is 1. The number of amides is 1. The van der Waals surface area contributed by atoms with Crippen LogP contribution >= 0.6 is 15.9 Å². The molecule has 0 atom stereocenters. The van der Waals surface area contributed by atoms with E-state index in [0.29, 0.717) is 19.6 Å². The maximum absolute atomic E-state index is 11.7. The van der Waals surface area contributed by atoms with Crippen LogP contribution in [0.4, 0.5) is 4.79 Å². The summed E-state index contributed by atoms with van der Waals surface area (Å²) in [4.78, 5) is 11.7. The third-order valence-corrected chi connectivity index (χ3v) is 3.48. The first kappa shape index (κ1) is 19.6. The monoisotopic (exact) mass is 387 g/mol. The highest BCUT2D eigenvalue weighted by Gasteiger charge is 2.16. The summed E-state index contributed by atoms with van der Waals surface area (Å²) in [5.41, 5.74) is 0.471. The van der Waals surface area contributed by atoms with E-state index in [0.717, 1.165) is 28.0 Å². The van der Waals surface area contributed by atoms with E-state index in [1.54, 1.807) is 7.11 Å². The van der Waals surface area contributed by atoms with Crippen molar-refractivity contribution >= 4 is 22.0 Å². The predicted molar refractivity (Wildman–Crippen MR) is 94.4 cm³/mol. The van der Waals surface area contributed by atoms with E-state index in [1.807, 2.05) is 32.9 Å². The molecule has 0 aliphatic carbocycles. The molecule has 0 fully saturated rings. The molecule has 5 nitrogen and oxygen atoms in total. The molecule has 6 heteroatoms. The zero-order valence-electron chi connectivity index (χ0n) is 14.5. The van der Waals surface area contributed by atoms with Crippen molar-refractivity contribution < 1.29 is 19.0 Å². The number of carbonyl (C=O) groups excluding carboxylic acids is 1. The Kier molecular flexibility index (Phi) is 7.68. The number of rotatable bonds is 7. The molecule has 0 unspecified atom stereocenters. The van der Waals surface area contributed by atoms with Gasteiger partial charge in [0.1, 0.15) is 17.1 Å². The molecule has 0 bridgehead atoms. The van der Waals surface area contributed by atoms with Crippen molar-refractivity contribution in [2.45, 2.75) is 46.1 Å². The summed E-state index contributed by atoms with van der Waals surface area (Å²) in [5, 5.41) is 2.75. The molecular formula is C17H26BrNO4. The van der Waals surface area contributed by atoms with Crippen LogP contribution in [-0.4, -0.2) is 32.0 Å². The van der Waals surface area contributed by atoms with Gasteiger partial charge in [0.25, 0.3) is 0 Å². The fourth-order valence-electron chi connectivity index (χ4n) is 1.90. The predicted octanol–water partition coefficient (Wildman–Crippen LogP) is 4.31. The lowest BCUT2D eigenvalue weighted by atomic mass is 10.1. The van der Waals surface area contributed by atoms with Crippen molar-refractivity contribution in [2.24, 2.45) is 0 Å². The summed E-state index contributed by atoms with van der Waals surface area (Å²) in [6, 6.07) is 3.82. The van der Waals surface area contributed by atoms with Gasteiger partial charge in [-0.05, 0) is 67.2 Å². The first-order valence-electron chi connectivity index (χ1n) is 7.73. The minimum atomic E-state index is -0.499. The van der Waals surface area contributed by atoms with Crippen LogP contribution in [0.1, 0.15) is 39.7 Å². The van der Waals surface area contributed by atoms with E-state index in [9.17, 15) is 4.79 Å². The average molecular weight is 388 g/mol. The summed E-state index contributed by atoms with van der Waals surface area (Å²) in [7, 11) is 1.62. The molecule has 130 valence electrons. The average Bonchev–Trinajstić information content (AvgIpc) is 2.45. The Morgan fingerprint density at radius 3 is 2.52 bits per heavy atom. The van der Waals surface area contributed by atoms with E-state index in [4.69, 9.17) is 14.2 Å². The molecule has 0 heterocycles. The van der Waals surface area contributed by atoms with Crippen LogP contribution in [0, 0.1) is 0 Å². The normalized spacial score (nSPS) is 11.0. The number of hydrogen-bond acceptors (Lipinski definition) is 4. The Labute approximate surface area is 146 Å². The maximum Gasteiger partial charge on any atom is 0.407 e. The van der Waals surface area contributed by atoms with Gasteiger partial charge < -0.3 is 19.5 Å². The lowest BCUT2D eigenvalue weighted by molar-refractivity contribution is 0.0528. The highest BCUT2D eigenvalue weighted by Crippen LogP contribution is 2.33. The SMILES string of the molecule is CCCOc1cc(CCNC(=O)OC(C)(C)C)c(OC)cc1Br. The van der Waals surface area contributed by atoms with Crippen molar-refractivity contribution in [1.82, 2.24) is 5.32 Å². The third-order valence-electron chi connectivity index (χ3n) is 2.86. The van der Waals surface area contributed by atoms with Crippen molar-refractivity contribution in [2.75, 3.05) is 20.3 Å². The number of methoxy groups -OCH3 is 1. The molecular weight excluding hydrogens is 362 g/mol. The van der Waals surface area contributed by atoms with Crippen LogP contribution in [0.2, 0.25) is 0 Å². The quantitative estimate of drug-likeness (QED) is 0.756. The highest BCUT2D eigenvalue weighted by molar-refractivity contribution is 9.10. The van der Waals surface area contributed by atoms with Gasteiger partial charge in [0.05, 0.1) is 18.2 Å². The van der Waals surface area contributed by atoms with E-state index in [-0.39, 0.29) is 0 Å². The molecule has 1 aromatic carbocycles. The number of carbonyl (C=O) groups is 1. The lowest BCUT2D eigenvalue weighted by Crippen LogP contribution is -2.33. The first-order valence-corrected chi connectivity index (χ1v) is 8.52. The fourth-order valence-corrected chi connectivity index (χ4v) is 2.34. The molecule has 1 aromatic rings. The van der Waals surface area contributed by atoms with Crippen LogP contribution in [0.25, 0.3) is 0 Å². The largest absolute Gasteiger partial charge is 0.496 e. The zero-order valence-corrected chi connectivity index (χ0v) is 16.1. The number of benzene rings is 1. The van der Waals surface area contributed by atoms with Crippen molar-refractivity contribution in [1.29, 1.82) is 0 Å². The van der Waals surface area contributed by atoms with Crippen molar-refractivity contribution in [3.05, 3.63) is 22.2 Å². The summed E-state index contributed by atoms with van der Waals surface area (Å²) < 4.78 is 17.2. The second kappa shape index (κ2) is 9.01. The number of hydrogen-bond donors (Lipinski definition) is 1. The van der Waals surface area contributed by atoms with Gasteiger partial charge in [-0.15, -0.1) is 0 Å². The Morgan fingerprint density at radius 1 is 1.26 bits per heavy atom. The second-order valence-corrected chi connectivity index (χ2v) is 6.98. The smallest absolute Gasteiger partial charge is 0.407 e. The molecule has 0 aliphatic heterocycles. The number of nitrogens with one attached hydrogen (secondary N) is 1. The second-order valence-electron chi connectivity index (χ2n) is 6.12. The zero-order chi connectivity index (χ0) is 17.5. The molecule has 0 aromatic heterocycles.